The van der Waals surface area contributed by atoms with Crippen LogP contribution in [0.15, 0.2) is 0 Å². The highest BCUT2D eigenvalue weighted by Crippen LogP contribution is 2.02. The lowest BCUT2D eigenvalue weighted by Gasteiger charge is -2.13. The first-order valence-corrected chi connectivity index (χ1v) is 3.46. The minimum atomic E-state index is -1.19. The molecule has 2 N–H and O–H groups in total. The first-order chi connectivity index (χ1) is 4.59. The molecule has 3 heteroatoms. The molecular formula is C7H14O3. The molecule has 0 saturated heterocycles. The van der Waals surface area contributed by atoms with Gasteiger partial charge in [0.25, 0.3) is 0 Å². The van der Waals surface area contributed by atoms with Crippen LogP contribution in [-0.2, 0) is 4.79 Å². The molecule has 0 radical (unpaired) electrons. The van der Waals surface area contributed by atoms with E-state index in [-0.39, 0.29) is 5.78 Å². The van der Waals surface area contributed by atoms with Crippen molar-refractivity contribution in [3.05, 3.63) is 0 Å². The van der Waals surface area contributed by atoms with Crippen molar-refractivity contribution in [1.82, 2.24) is 0 Å². The smallest absolute Gasteiger partial charge is 0.160 e. The zero-order valence-corrected chi connectivity index (χ0v) is 6.37. The van der Waals surface area contributed by atoms with Crippen LogP contribution in [0.5, 0.6) is 0 Å². The molecule has 0 aromatic heterocycles. The van der Waals surface area contributed by atoms with E-state index in [0.29, 0.717) is 6.42 Å². The van der Waals surface area contributed by atoms with E-state index in [9.17, 15) is 4.79 Å². The maximum Gasteiger partial charge on any atom is 0.160 e. The van der Waals surface area contributed by atoms with Crippen LogP contribution in [0.1, 0.15) is 26.7 Å². The summed E-state index contributed by atoms with van der Waals surface area (Å²) in [6, 6.07) is 0. The fourth-order valence-electron chi connectivity index (χ4n) is 0.725. The molecule has 2 atom stereocenters. The molecule has 60 valence electrons. The Kier molecular flexibility index (Phi) is 4.23. The number of ketones is 1. The van der Waals surface area contributed by atoms with Crippen LogP contribution in [0.25, 0.3) is 0 Å². The normalized spacial score (nSPS) is 16.4. The molecule has 0 amide bonds. The zero-order chi connectivity index (χ0) is 8.15. The number of carbonyl (C=O) groups is 1. The highest BCUT2D eigenvalue weighted by Gasteiger charge is 2.18. The Bertz CT molecular complexity index is 111. The molecule has 0 aromatic rings. The van der Waals surface area contributed by atoms with E-state index in [0.717, 1.165) is 6.42 Å². The summed E-state index contributed by atoms with van der Waals surface area (Å²) >= 11 is 0. The van der Waals surface area contributed by atoms with E-state index >= 15 is 0 Å². The van der Waals surface area contributed by atoms with Crippen LogP contribution in [0, 0.1) is 0 Å². The monoisotopic (exact) mass is 146 g/mol. The van der Waals surface area contributed by atoms with Crippen LogP contribution >= 0.6 is 0 Å². The predicted octanol–water partition coefficient (Wildman–Crippen LogP) is 0.0973. The minimum Gasteiger partial charge on any atom is -0.390 e. The summed E-state index contributed by atoms with van der Waals surface area (Å²) < 4.78 is 0. The number of hydrogen-bond donors (Lipinski definition) is 2. The number of rotatable bonds is 4. The van der Waals surface area contributed by atoms with Gasteiger partial charge in [-0.05, 0) is 13.3 Å². The molecule has 0 bridgehead atoms. The van der Waals surface area contributed by atoms with Gasteiger partial charge >= 0.3 is 0 Å². The maximum absolute atomic E-state index is 10.5. The molecular weight excluding hydrogens is 132 g/mol. The predicted molar refractivity (Wildman–Crippen MR) is 37.6 cm³/mol. The molecule has 0 aliphatic carbocycles. The number of Topliss-reactive ketones (excluding diaryl/α,β-unsaturated/α-hetero) is 1. The summed E-state index contributed by atoms with van der Waals surface area (Å²) in [6.07, 6.45) is -0.839. The van der Waals surface area contributed by atoms with Gasteiger partial charge in [-0.25, -0.2) is 0 Å². The number of aliphatic hydroxyl groups excluding tert-OH is 2. The summed E-state index contributed by atoms with van der Waals surface area (Å²) in [5.74, 6) is -0.374. The van der Waals surface area contributed by atoms with E-state index < -0.39 is 12.2 Å². The summed E-state index contributed by atoms with van der Waals surface area (Å²) in [6.45, 7) is 3.15. The average molecular weight is 146 g/mol. The van der Waals surface area contributed by atoms with E-state index in [1.807, 2.05) is 6.92 Å². The summed E-state index contributed by atoms with van der Waals surface area (Å²) in [5.41, 5.74) is 0. The van der Waals surface area contributed by atoms with E-state index in [1.165, 1.54) is 6.92 Å². The second kappa shape index (κ2) is 4.41. The van der Waals surface area contributed by atoms with Crippen LogP contribution in [0.3, 0.4) is 0 Å². The van der Waals surface area contributed by atoms with Crippen molar-refractivity contribution in [3.63, 3.8) is 0 Å². The molecule has 0 aliphatic rings. The number of carbonyl (C=O) groups excluding carboxylic acids is 1. The van der Waals surface area contributed by atoms with Gasteiger partial charge in [-0.2, -0.15) is 0 Å². The lowest BCUT2D eigenvalue weighted by molar-refractivity contribution is -0.130. The van der Waals surface area contributed by atoms with Gasteiger partial charge in [0.2, 0.25) is 0 Å². The van der Waals surface area contributed by atoms with Crippen LogP contribution in [0.2, 0.25) is 0 Å². The second-order valence-corrected chi connectivity index (χ2v) is 2.41. The molecule has 0 heterocycles. The average Bonchev–Trinajstić information content (AvgIpc) is 1.87. The van der Waals surface area contributed by atoms with Gasteiger partial charge in [0.15, 0.2) is 5.78 Å². The molecule has 10 heavy (non-hydrogen) atoms. The van der Waals surface area contributed by atoms with Gasteiger partial charge in [0.05, 0.1) is 6.10 Å². The third-order valence-corrected chi connectivity index (χ3v) is 1.37. The summed E-state index contributed by atoms with van der Waals surface area (Å²) in [5, 5.41) is 17.9. The van der Waals surface area contributed by atoms with Crippen LogP contribution < -0.4 is 0 Å². The first kappa shape index (κ1) is 9.59. The SMILES string of the molecule is CCCC(O)C(O)C(C)=O. The molecule has 0 aromatic carbocycles. The quantitative estimate of drug-likeness (QED) is 0.591. The number of aliphatic hydroxyl groups is 2. The first-order valence-electron chi connectivity index (χ1n) is 3.46. The lowest BCUT2D eigenvalue weighted by atomic mass is 10.1. The van der Waals surface area contributed by atoms with Crippen LogP contribution in [-0.4, -0.2) is 28.2 Å². The Morgan fingerprint density at radius 3 is 2.30 bits per heavy atom. The highest BCUT2D eigenvalue weighted by atomic mass is 16.3. The van der Waals surface area contributed by atoms with Crippen molar-refractivity contribution >= 4 is 5.78 Å². The standard InChI is InChI=1S/C7H14O3/c1-3-4-6(9)7(10)5(2)8/h6-7,9-10H,3-4H2,1-2H3. The topological polar surface area (TPSA) is 57.5 Å². The van der Waals surface area contributed by atoms with Gasteiger partial charge in [0.1, 0.15) is 6.10 Å². The summed E-state index contributed by atoms with van der Waals surface area (Å²) in [7, 11) is 0. The van der Waals surface area contributed by atoms with Gasteiger partial charge in [-0.1, -0.05) is 13.3 Å². The van der Waals surface area contributed by atoms with Crippen molar-refractivity contribution < 1.29 is 15.0 Å². The van der Waals surface area contributed by atoms with Crippen molar-refractivity contribution in [2.24, 2.45) is 0 Å². The maximum atomic E-state index is 10.5. The van der Waals surface area contributed by atoms with Gasteiger partial charge in [-0.15, -0.1) is 0 Å². The van der Waals surface area contributed by atoms with Gasteiger partial charge in [-0.3, -0.25) is 4.79 Å². The van der Waals surface area contributed by atoms with Gasteiger partial charge < -0.3 is 10.2 Å². The van der Waals surface area contributed by atoms with Crippen molar-refractivity contribution in [1.29, 1.82) is 0 Å². The Balaban J connectivity index is 3.69. The van der Waals surface area contributed by atoms with Crippen molar-refractivity contribution in [2.45, 2.75) is 38.9 Å². The lowest BCUT2D eigenvalue weighted by Crippen LogP contribution is -2.31. The third kappa shape index (κ3) is 2.94. The Labute approximate surface area is 60.7 Å². The van der Waals surface area contributed by atoms with E-state index in [4.69, 9.17) is 10.2 Å². The van der Waals surface area contributed by atoms with Crippen LogP contribution in [0.4, 0.5) is 0 Å². The molecule has 0 saturated carbocycles. The Morgan fingerprint density at radius 2 is 2.00 bits per heavy atom. The van der Waals surface area contributed by atoms with E-state index in [2.05, 4.69) is 0 Å². The second-order valence-electron chi connectivity index (χ2n) is 2.41. The molecule has 0 rings (SSSR count). The Morgan fingerprint density at radius 1 is 1.50 bits per heavy atom. The van der Waals surface area contributed by atoms with Crippen molar-refractivity contribution in [3.8, 4) is 0 Å². The minimum absolute atomic E-state index is 0.374. The zero-order valence-electron chi connectivity index (χ0n) is 6.37. The molecule has 0 fully saturated rings. The van der Waals surface area contributed by atoms with Crippen molar-refractivity contribution in [2.75, 3.05) is 0 Å². The molecule has 2 unspecified atom stereocenters. The fraction of sp³-hybridized carbons (Fsp3) is 0.857. The third-order valence-electron chi connectivity index (χ3n) is 1.37. The fourth-order valence-corrected chi connectivity index (χ4v) is 0.725. The molecule has 0 spiro atoms. The highest BCUT2D eigenvalue weighted by molar-refractivity contribution is 5.80. The molecule has 0 aliphatic heterocycles. The van der Waals surface area contributed by atoms with Gasteiger partial charge in [0, 0.05) is 0 Å². The molecule has 3 nitrogen and oxygen atoms in total. The van der Waals surface area contributed by atoms with E-state index in [1.54, 1.807) is 0 Å². The number of hydrogen-bond acceptors (Lipinski definition) is 3. The largest absolute Gasteiger partial charge is 0.390 e. The summed E-state index contributed by atoms with van der Waals surface area (Å²) in [4.78, 5) is 10.5. The Hall–Kier alpha value is -0.410.